The molecule has 6 aromatic rings. The van der Waals surface area contributed by atoms with E-state index in [9.17, 15) is 19.2 Å². The lowest BCUT2D eigenvalue weighted by molar-refractivity contribution is 0.0762. The number of carbonyl (C=O) groups is 4. The van der Waals surface area contributed by atoms with Gasteiger partial charge in [-0.25, -0.2) is 0 Å². The van der Waals surface area contributed by atoms with Gasteiger partial charge in [0.2, 0.25) is 0 Å². The molecule has 4 heterocycles. The average molecular weight is 1000 g/mol. The highest BCUT2D eigenvalue weighted by Gasteiger charge is 2.30. The maximum Gasteiger partial charge on any atom is 0.254 e. The third-order valence-corrected chi connectivity index (χ3v) is 13.1. The minimum Gasteiger partial charge on any atom is -0.348 e. The molecular weight excluding hydrogens is 960 g/mol. The van der Waals surface area contributed by atoms with Crippen molar-refractivity contribution in [1.29, 1.82) is 0 Å². The number of carbonyl (C=O) groups excluding carboxylic acids is 4. The highest BCUT2D eigenvalue weighted by molar-refractivity contribution is 9.09. The number of rotatable bonds is 9. The lowest BCUT2D eigenvalue weighted by Gasteiger charge is -2.22. The Labute approximate surface area is 381 Å². The van der Waals surface area contributed by atoms with Crippen molar-refractivity contribution in [1.82, 2.24) is 20.0 Å². The minimum absolute atomic E-state index is 0.0351. The first-order valence-corrected chi connectivity index (χ1v) is 23.5. The monoisotopic (exact) mass is 1000 g/mol. The molecule has 1 N–H and O–H groups in total. The Hall–Kier alpha value is -5.36. The second-order valence-electron chi connectivity index (χ2n) is 15.5. The highest BCUT2D eigenvalue weighted by Crippen LogP contribution is 2.29. The van der Waals surface area contributed by atoms with Gasteiger partial charge in [-0.2, -0.15) is 0 Å². The third-order valence-electron chi connectivity index (χ3n) is 11.2. The summed E-state index contributed by atoms with van der Waals surface area (Å²) in [7, 11) is 0. The molecule has 0 spiro atoms. The third kappa shape index (κ3) is 9.59. The summed E-state index contributed by atoms with van der Waals surface area (Å²) in [5.74, 6) is 0.157. The summed E-state index contributed by atoms with van der Waals surface area (Å²) in [6.45, 7) is 3.83. The van der Waals surface area contributed by atoms with Crippen molar-refractivity contribution in [3.8, 4) is 0 Å². The molecule has 0 aliphatic carbocycles. The molecule has 0 fully saturated rings. The first-order valence-electron chi connectivity index (χ1n) is 20.1. The smallest absolute Gasteiger partial charge is 0.254 e. The van der Waals surface area contributed by atoms with Crippen LogP contribution in [-0.4, -0.2) is 38.3 Å². The molecule has 0 aromatic heterocycles. The van der Waals surface area contributed by atoms with E-state index in [0.29, 0.717) is 45.8 Å². The van der Waals surface area contributed by atoms with E-state index in [0.717, 1.165) is 77.2 Å². The van der Waals surface area contributed by atoms with Gasteiger partial charge in [-0.15, -0.1) is 0 Å². The van der Waals surface area contributed by atoms with E-state index in [4.69, 9.17) is 0 Å². The van der Waals surface area contributed by atoms with Crippen LogP contribution in [0.25, 0.3) is 0 Å². The molecule has 0 atom stereocenters. The summed E-state index contributed by atoms with van der Waals surface area (Å²) in [6, 6.07) is 43.8. The molecule has 0 saturated heterocycles. The largest absolute Gasteiger partial charge is 0.348 e. The van der Waals surface area contributed by atoms with Crippen LogP contribution in [0.4, 0.5) is 0 Å². The van der Waals surface area contributed by atoms with Gasteiger partial charge in [0.25, 0.3) is 23.6 Å². The number of nitrogens with one attached hydrogen (secondary N) is 1. The van der Waals surface area contributed by atoms with Crippen molar-refractivity contribution in [3.05, 3.63) is 211 Å². The lowest BCUT2D eigenvalue weighted by Crippen LogP contribution is -2.26. The van der Waals surface area contributed by atoms with Crippen molar-refractivity contribution in [2.75, 3.05) is 0 Å². The van der Waals surface area contributed by atoms with Crippen LogP contribution in [0.5, 0.6) is 0 Å². The summed E-state index contributed by atoms with van der Waals surface area (Å²) >= 11 is 10.4. The fourth-order valence-corrected chi connectivity index (χ4v) is 9.31. The molecule has 0 saturated carbocycles. The molecule has 61 heavy (non-hydrogen) atoms. The summed E-state index contributed by atoms with van der Waals surface area (Å²) < 4.78 is 0. The molecule has 0 unspecified atom stereocenters. The van der Waals surface area contributed by atoms with Gasteiger partial charge in [0.05, 0.1) is 0 Å². The SMILES string of the molecule is BrCc1cc(CBr)cc(CBr)c1.O=C1NCc2ccccc21.O=C1c2ccccc2CN1Cc1cc(CN2Cc3ccccc3C2=O)cc(CN2Cc3ccccc3C2=O)c1. The maximum atomic E-state index is 13.1. The predicted molar refractivity (Wildman–Crippen MR) is 248 cm³/mol. The molecule has 8 nitrogen and oxygen atoms in total. The van der Waals surface area contributed by atoms with E-state index in [-0.39, 0.29) is 23.6 Å². The number of amides is 4. The fraction of sp³-hybridized carbons (Fsp3) is 0.200. The van der Waals surface area contributed by atoms with Gasteiger partial charge >= 0.3 is 0 Å². The Morgan fingerprint density at radius 2 is 0.689 bits per heavy atom. The van der Waals surface area contributed by atoms with Crippen LogP contribution < -0.4 is 5.32 Å². The first-order chi connectivity index (χ1) is 29.7. The quantitative estimate of drug-likeness (QED) is 0.146. The number of hydrogen-bond acceptors (Lipinski definition) is 4. The van der Waals surface area contributed by atoms with Crippen LogP contribution in [0.2, 0.25) is 0 Å². The molecule has 4 aliphatic rings. The number of fused-ring (bicyclic) bond motifs is 4. The number of benzene rings is 6. The first kappa shape index (κ1) is 42.3. The van der Waals surface area contributed by atoms with E-state index in [1.807, 2.05) is 112 Å². The fourth-order valence-electron chi connectivity index (χ4n) is 8.34. The molecule has 11 heteroatoms. The summed E-state index contributed by atoms with van der Waals surface area (Å²) in [5.41, 5.74) is 14.3. The van der Waals surface area contributed by atoms with Crippen molar-refractivity contribution in [2.45, 2.75) is 61.8 Å². The van der Waals surface area contributed by atoms with Gasteiger partial charge in [-0.05, 0) is 79.9 Å². The van der Waals surface area contributed by atoms with Crippen molar-refractivity contribution in [3.63, 3.8) is 0 Å². The van der Waals surface area contributed by atoms with E-state index in [2.05, 4.69) is 89.5 Å². The Kier molecular flexibility index (Phi) is 13.3. The van der Waals surface area contributed by atoms with Gasteiger partial charge in [0.1, 0.15) is 0 Å². The Bertz CT molecular complexity index is 2390. The topological polar surface area (TPSA) is 90.0 Å². The van der Waals surface area contributed by atoms with Crippen molar-refractivity contribution in [2.24, 2.45) is 0 Å². The number of halogens is 3. The van der Waals surface area contributed by atoms with Crippen molar-refractivity contribution >= 4 is 71.4 Å². The maximum absolute atomic E-state index is 13.1. The van der Waals surface area contributed by atoms with E-state index >= 15 is 0 Å². The number of alkyl halides is 3. The highest BCUT2D eigenvalue weighted by atomic mass is 79.9. The summed E-state index contributed by atoms with van der Waals surface area (Å²) in [4.78, 5) is 55.8. The van der Waals surface area contributed by atoms with Gasteiger partial charge in [0, 0.05) is 84.1 Å². The van der Waals surface area contributed by atoms with Crippen LogP contribution in [0.15, 0.2) is 133 Å². The van der Waals surface area contributed by atoms with Crippen LogP contribution >= 0.6 is 47.8 Å². The van der Waals surface area contributed by atoms with Gasteiger partial charge in [-0.3, -0.25) is 19.2 Å². The summed E-state index contributed by atoms with van der Waals surface area (Å²) in [5, 5.41) is 5.52. The van der Waals surface area contributed by atoms with Crippen LogP contribution in [0.3, 0.4) is 0 Å². The number of hydrogen-bond donors (Lipinski definition) is 1. The van der Waals surface area contributed by atoms with Gasteiger partial charge < -0.3 is 20.0 Å². The Balaban J connectivity index is 0.000000189. The molecule has 4 aliphatic heterocycles. The molecule has 6 aromatic carbocycles. The second kappa shape index (κ2) is 19.1. The van der Waals surface area contributed by atoms with Gasteiger partial charge in [-0.1, -0.05) is 157 Å². The zero-order valence-electron chi connectivity index (χ0n) is 33.4. The lowest BCUT2D eigenvalue weighted by atomic mass is 10.0. The number of nitrogens with zero attached hydrogens (tertiary/aromatic N) is 3. The van der Waals surface area contributed by atoms with Crippen LogP contribution in [0, 0.1) is 0 Å². The van der Waals surface area contributed by atoms with Gasteiger partial charge in [0.15, 0.2) is 0 Å². The molecule has 0 radical (unpaired) electrons. The molecule has 4 amide bonds. The van der Waals surface area contributed by atoms with Crippen molar-refractivity contribution < 1.29 is 19.2 Å². The Morgan fingerprint density at radius 1 is 0.393 bits per heavy atom. The molecule has 308 valence electrons. The zero-order valence-corrected chi connectivity index (χ0v) is 38.1. The van der Waals surface area contributed by atoms with Crippen LogP contribution in [-0.2, 0) is 61.8 Å². The molecule has 0 bridgehead atoms. The summed E-state index contributed by atoms with van der Waals surface area (Å²) in [6.07, 6.45) is 0. The molecule has 10 rings (SSSR count). The normalized spacial score (nSPS) is 14.4. The zero-order chi connectivity index (χ0) is 42.5. The van der Waals surface area contributed by atoms with Crippen LogP contribution in [0.1, 0.15) is 97.1 Å². The van der Waals surface area contributed by atoms with E-state index in [1.165, 1.54) is 16.7 Å². The predicted octanol–water partition coefficient (Wildman–Crippen LogP) is 10.5. The average Bonchev–Trinajstić information content (AvgIpc) is 4.02. The second-order valence-corrected chi connectivity index (χ2v) is 17.2. The molecular formula is C50H43Br3N4O4. The standard InChI is InChI=1S/C33H27N3O3.C9H9Br3.C8H7NO/c37-31-28-10-4-1-7-25(28)19-34(31)16-22-13-23(17-35-20-26-8-2-5-11-29(26)32(35)38)15-24(14-22)18-36-21-27-9-3-6-12-30(27)33(36)39;10-4-7-1-8(5-11)3-9(2-7)6-12;10-8-7-4-2-1-3-6(7)5-9-8/h1-15H,16-21H2;1-3H,4-6H2;1-4H,5H2,(H,9,10). The Morgan fingerprint density at radius 3 is 1.00 bits per heavy atom. The minimum atomic E-state index is 0.0351. The van der Waals surface area contributed by atoms with E-state index in [1.54, 1.807) is 0 Å². The van der Waals surface area contributed by atoms with E-state index < -0.39 is 0 Å².